The number of rotatable bonds is 2. The first kappa shape index (κ1) is 8.82. The van der Waals surface area contributed by atoms with Crippen LogP contribution in [0.15, 0.2) is 16.5 Å². The Kier molecular flexibility index (Phi) is 2.40. The highest BCUT2D eigenvalue weighted by Crippen LogP contribution is 2.26. The van der Waals surface area contributed by atoms with Gasteiger partial charge in [0.25, 0.3) is 0 Å². The van der Waals surface area contributed by atoms with Gasteiger partial charge in [-0.1, -0.05) is 0 Å². The summed E-state index contributed by atoms with van der Waals surface area (Å²) in [5.41, 5.74) is 4.18. The third kappa shape index (κ3) is 1.94. The van der Waals surface area contributed by atoms with E-state index in [0.717, 1.165) is 23.9 Å². The van der Waals surface area contributed by atoms with Crippen molar-refractivity contribution in [1.29, 1.82) is 0 Å². The molecule has 13 heavy (non-hydrogen) atoms. The minimum Gasteiger partial charge on any atom is -0.466 e. The molecule has 0 unspecified atom stereocenters. The summed E-state index contributed by atoms with van der Waals surface area (Å²) in [6, 6.07) is 4.79. The SMILES string of the molecule is Cc1ccc(C[C@H]2CCC[C@H]2[NH3+])o1. The molecule has 0 radical (unpaired) electrons. The molecule has 2 atom stereocenters. The van der Waals surface area contributed by atoms with E-state index in [0.29, 0.717) is 6.04 Å². The zero-order valence-corrected chi connectivity index (χ0v) is 8.25. The van der Waals surface area contributed by atoms with Crippen LogP contribution in [0.5, 0.6) is 0 Å². The molecule has 0 bridgehead atoms. The topological polar surface area (TPSA) is 40.8 Å². The van der Waals surface area contributed by atoms with E-state index in [1.54, 1.807) is 0 Å². The molecule has 0 aliphatic heterocycles. The molecule has 0 spiro atoms. The molecule has 1 saturated carbocycles. The average Bonchev–Trinajstić information content (AvgIpc) is 2.64. The molecule has 1 aliphatic rings. The molecule has 2 rings (SSSR count). The molecule has 2 nitrogen and oxygen atoms in total. The molecule has 1 aliphatic carbocycles. The summed E-state index contributed by atoms with van der Waals surface area (Å²) in [6.45, 7) is 2.00. The number of hydrogen-bond acceptors (Lipinski definition) is 1. The first-order chi connectivity index (χ1) is 6.25. The van der Waals surface area contributed by atoms with Gasteiger partial charge < -0.3 is 10.2 Å². The van der Waals surface area contributed by atoms with Crippen LogP contribution in [0.1, 0.15) is 30.8 Å². The van der Waals surface area contributed by atoms with Crippen LogP contribution in [0.2, 0.25) is 0 Å². The fourth-order valence-corrected chi connectivity index (χ4v) is 2.24. The molecule has 1 fully saturated rings. The van der Waals surface area contributed by atoms with Crippen molar-refractivity contribution in [2.45, 2.75) is 38.6 Å². The van der Waals surface area contributed by atoms with Gasteiger partial charge in [0.15, 0.2) is 0 Å². The first-order valence-corrected chi connectivity index (χ1v) is 5.14. The number of aryl methyl sites for hydroxylation is 1. The highest BCUT2D eigenvalue weighted by atomic mass is 16.3. The van der Waals surface area contributed by atoms with Gasteiger partial charge in [-0.25, -0.2) is 0 Å². The van der Waals surface area contributed by atoms with E-state index in [1.807, 2.05) is 13.0 Å². The van der Waals surface area contributed by atoms with Crippen molar-refractivity contribution in [2.75, 3.05) is 0 Å². The lowest BCUT2D eigenvalue weighted by molar-refractivity contribution is -0.428. The van der Waals surface area contributed by atoms with E-state index in [4.69, 9.17) is 4.42 Å². The Morgan fingerprint density at radius 3 is 2.85 bits per heavy atom. The van der Waals surface area contributed by atoms with Crippen LogP contribution in [-0.4, -0.2) is 6.04 Å². The van der Waals surface area contributed by atoms with Crippen LogP contribution in [-0.2, 0) is 6.42 Å². The van der Waals surface area contributed by atoms with Crippen LogP contribution in [0.25, 0.3) is 0 Å². The summed E-state index contributed by atoms with van der Waals surface area (Å²) >= 11 is 0. The quantitative estimate of drug-likeness (QED) is 0.737. The van der Waals surface area contributed by atoms with E-state index < -0.39 is 0 Å². The largest absolute Gasteiger partial charge is 0.466 e. The molecule has 0 aromatic carbocycles. The van der Waals surface area contributed by atoms with Crippen LogP contribution in [0, 0.1) is 12.8 Å². The molecular weight excluding hydrogens is 162 g/mol. The third-order valence-corrected chi connectivity index (χ3v) is 3.08. The molecular formula is C11H18NO+. The maximum absolute atomic E-state index is 5.57. The Hall–Kier alpha value is -0.760. The van der Waals surface area contributed by atoms with Crippen LogP contribution in [0.4, 0.5) is 0 Å². The van der Waals surface area contributed by atoms with Crippen LogP contribution >= 0.6 is 0 Å². The van der Waals surface area contributed by atoms with E-state index in [1.165, 1.54) is 19.3 Å². The number of hydrogen-bond donors (Lipinski definition) is 1. The van der Waals surface area contributed by atoms with Gasteiger partial charge in [-0.05, 0) is 38.3 Å². The van der Waals surface area contributed by atoms with Gasteiger partial charge in [0.1, 0.15) is 11.5 Å². The predicted molar refractivity (Wildman–Crippen MR) is 51.2 cm³/mol. The molecule has 1 aromatic rings. The van der Waals surface area contributed by atoms with Crippen molar-refractivity contribution in [1.82, 2.24) is 0 Å². The molecule has 0 saturated heterocycles. The predicted octanol–water partition coefficient (Wildman–Crippen LogP) is 1.54. The number of quaternary nitrogens is 1. The molecule has 1 aromatic heterocycles. The Labute approximate surface area is 79.1 Å². The maximum Gasteiger partial charge on any atom is 0.104 e. The molecule has 3 N–H and O–H groups in total. The van der Waals surface area contributed by atoms with E-state index in [9.17, 15) is 0 Å². The molecule has 1 heterocycles. The third-order valence-electron chi connectivity index (χ3n) is 3.08. The van der Waals surface area contributed by atoms with Crippen molar-refractivity contribution >= 4 is 0 Å². The van der Waals surface area contributed by atoms with Gasteiger partial charge in [-0.15, -0.1) is 0 Å². The standard InChI is InChI=1S/C11H17NO/c1-8-5-6-10(13-8)7-9-3-2-4-11(9)12/h5-6,9,11H,2-4,7,12H2,1H3/p+1/t9-,11-/m1/s1. The number of furan rings is 1. The summed E-state index contributed by atoms with van der Waals surface area (Å²) in [4.78, 5) is 0. The van der Waals surface area contributed by atoms with Crippen molar-refractivity contribution in [2.24, 2.45) is 5.92 Å². The zero-order chi connectivity index (χ0) is 9.26. The summed E-state index contributed by atoms with van der Waals surface area (Å²) in [7, 11) is 0. The highest BCUT2D eigenvalue weighted by Gasteiger charge is 2.27. The monoisotopic (exact) mass is 180 g/mol. The second-order valence-corrected chi connectivity index (χ2v) is 4.17. The normalized spacial score (nSPS) is 28.2. The van der Waals surface area contributed by atoms with Crippen LogP contribution < -0.4 is 5.73 Å². The molecule has 72 valence electrons. The first-order valence-electron chi connectivity index (χ1n) is 5.14. The van der Waals surface area contributed by atoms with E-state index in [-0.39, 0.29) is 0 Å². The van der Waals surface area contributed by atoms with E-state index in [2.05, 4.69) is 11.8 Å². The van der Waals surface area contributed by atoms with Crippen molar-refractivity contribution < 1.29 is 10.2 Å². The molecule has 0 amide bonds. The summed E-state index contributed by atoms with van der Waals surface area (Å²) in [5, 5.41) is 0. The lowest BCUT2D eigenvalue weighted by atomic mass is 9.99. The van der Waals surface area contributed by atoms with Gasteiger partial charge in [0.05, 0.1) is 6.04 Å². The second kappa shape index (κ2) is 3.54. The van der Waals surface area contributed by atoms with Crippen LogP contribution in [0.3, 0.4) is 0 Å². The highest BCUT2D eigenvalue weighted by molar-refractivity contribution is 5.06. The Bertz CT molecular complexity index is 279. The maximum atomic E-state index is 5.57. The Balaban J connectivity index is 1.97. The second-order valence-electron chi connectivity index (χ2n) is 4.17. The van der Waals surface area contributed by atoms with Crippen molar-refractivity contribution in [3.05, 3.63) is 23.7 Å². The summed E-state index contributed by atoms with van der Waals surface area (Å²) in [5.74, 6) is 2.91. The summed E-state index contributed by atoms with van der Waals surface area (Å²) < 4.78 is 5.57. The van der Waals surface area contributed by atoms with Crippen molar-refractivity contribution in [3.8, 4) is 0 Å². The fourth-order valence-electron chi connectivity index (χ4n) is 2.24. The summed E-state index contributed by atoms with van der Waals surface area (Å²) in [6.07, 6.45) is 5.05. The van der Waals surface area contributed by atoms with Crippen molar-refractivity contribution in [3.63, 3.8) is 0 Å². The van der Waals surface area contributed by atoms with E-state index >= 15 is 0 Å². The minimum absolute atomic E-state index is 0.644. The fraction of sp³-hybridized carbons (Fsp3) is 0.636. The van der Waals surface area contributed by atoms with Gasteiger partial charge in [-0.2, -0.15) is 0 Å². The Morgan fingerprint density at radius 1 is 1.46 bits per heavy atom. The zero-order valence-electron chi connectivity index (χ0n) is 8.25. The lowest BCUT2D eigenvalue weighted by Crippen LogP contribution is -2.62. The minimum atomic E-state index is 0.644. The van der Waals surface area contributed by atoms with Gasteiger partial charge in [-0.3, -0.25) is 0 Å². The molecule has 2 heteroatoms. The lowest BCUT2D eigenvalue weighted by Gasteiger charge is -2.09. The Morgan fingerprint density at radius 2 is 2.31 bits per heavy atom. The van der Waals surface area contributed by atoms with Gasteiger partial charge in [0, 0.05) is 12.3 Å². The van der Waals surface area contributed by atoms with Gasteiger partial charge in [0.2, 0.25) is 0 Å². The van der Waals surface area contributed by atoms with Gasteiger partial charge >= 0.3 is 0 Å². The smallest absolute Gasteiger partial charge is 0.104 e. The average molecular weight is 180 g/mol.